The molecule has 0 aliphatic rings. The number of amides is 2. The number of halogens is 1. The third-order valence-electron chi connectivity index (χ3n) is 4.68. The minimum atomic E-state index is -1.64. The molecule has 178 valence electrons. The Bertz CT molecular complexity index is 833. The van der Waals surface area contributed by atoms with Crippen molar-refractivity contribution < 1.29 is 39.6 Å². The van der Waals surface area contributed by atoms with Crippen LogP contribution >= 0.6 is 0 Å². The van der Waals surface area contributed by atoms with Crippen LogP contribution in [0.15, 0.2) is 24.3 Å². The van der Waals surface area contributed by atoms with Crippen molar-refractivity contribution in [2.45, 2.75) is 58.0 Å². The first-order chi connectivity index (χ1) is 15.5. The molecule has 2 atom stereocenters. The second-order valence-electron chi connectivity index (χ2n) is 7.42. The Labute approximate surface area is 188 Å². The lowest BCUT2D eigenvalue weighted by Crippen LogP contribution is -2.56. The zero-order valence-electron chi connectivity index (χ0n) is 19.7. The smallest absolute Gasteiger partial charge is 0.328 e. The normalized spacial score (nSPS) is 13.4. The lowest BCUT2D eigenvalue weighted by molar-refractivity contribution is -0.149. The number of nitrogens with one attached hydrogen (secondary N) is 2. The van der Waals surface area contributed by atoms with E-state index in [4.69, 9.17) is 10.9 Å². The monoisotopic (exact) mass is 455 g/mol. The molecule has 0 saturated carbocycles. The number of hydrogen-bond acceptors (Lipinski definition) is 7. The molecule has 0 radical (unpaired) electrons. The zero-order valence-corrected chi connectivity index (χ0v) is 18.7. The third kappa shape index (κ3) is 7.92. The van der Waals surface area contributed by atoms with E-state index in [1.165, 1.54) is 38.1 Å². The van der Waals surface area contributed by atoms with E-state index >= 15 is 0 Å². The average Bonchev–Trinajstić information content (AvgIpc) is 2.77. The second kappa shape index (κ2) is 12.7. The van der Waals surface area contributed by atoms with Crippen molar-refractivity contribution in [3.05, 3.63) is 35.6 Å². The lowest BCUT2D eigenvalue weighted by Gasteiger charge is -2.27. The van der Waals surface area contributed by atoms with Crippen LogP contribution in [0, 0.1) is 5.82 Å². The Kier molecular flexibility index (Phi) is 10.1. The highest BCUT2D eigenvalue weighted by atomic mass is 19.1. The first-order valence-corrected chi connectivity index (χ1v) is 10.3. The Balaban J connectivity index is 2.99. The van der Waals surface area contributed by atoms with Gasteiger partial charge in [0.25, 0.3) is 0 Å². The van der Waals surface area contributed by atoms with E-state index in [-0.39, 0.29) is 26.1 Å². The van der Waals surface area contributed by atoms with Crippen molar-refractivity contribution in [2.75, 3.05) is 19.8 Å². The Morgan fingerprint density at radius 3 is 2.22 bits per heavy atom. The Hall–Kier alpha value is -3.01. The molecule has 1 rings (SSSR count). The predicted octanol–water partition coefficient (Wildman–Crippen LogP) is 0.972. The van der Waals surface area contributed by atoms with Gasteiger partial charge in [-0.1, -0.05) is 12.1 Å². The molecule has 3 N–H and O–H groups in total. The van der Waals surface area contributed by atoms with Crippen LogP contribution in [-0.4, -0.2) is 60.8 Å². The number of carbonyl (C=O) groups is 4. The number of aliphatic hydroxyl groups excluding tert-OH is 1. The summed E-state index contributed by atoms with van der Waals surface area (Å²) >= 11 is 0. The number of rotatable bonds is 12. The van der Waals surface area contributed by atoms with Crippen molar-refractivity contribution in [2.24, 2.45) is 0 Å². The maximum absolute atomic E-state index is 13.2. The quantitative estimate of drug-likeness (QED) is 0.400. The van der Waals surface area contributed by atoms with Gasteiger partial charge >= 0.3 is 11.9 Å². The lowest BCUT2D eigenvalue weighted by atomic mass is 9.83. The number of carbonyl (C=O) groups excluding carboxylic acids is 4. The maximum atomic E-state index is 13.2. The van der Waals surface area contributed by atoms with Crippen LogP contribution in [0.5, 0.6) is 0 Å². The van der Waals surface area contributed by atoms with Gasteiger partial charge in [-0.25, -0.2) is 9.18 Å². The molecule has 0 spiro atoms. The molecule has 0 aliphatic carbocycles. The van der Waals surface area contributed by atoms with E-state index in [9.17, 15) is 28.7 Å². The largest absolute Gasteiger partial charge is 0.466 e. The minimum absolute atomic E-state index is 0.0307. The molecule has 10 heteroatoms. The van der Waals surface area contributed by atoms with Crippen LogP contribution in [-0.2, 0) is 34.1 Å². The summed E-state index contributed by atoms with van der Waals surface area (Å²) in [5.74, 6) is -3.68. The van der Waals surface area contributed by atoms with E-state index in [1.54, 1.807) is 13.8 Å². The third-order valence-corrected chi connectivity index (χ3v) is 4.68. The molecule has 0 aromatic heterocycles. The van der Waals surface area contributed by atoms with Crippen molar-refractivity contribution in [1.29, 1.82) is 0 Å². The van der Waals surface area contributed by atoms with E-state index in [2.05, 4.69) is 5.32 Å². The zero-order chi connectivity index (χ0) is 25.2. The topological polar surface area (TPSA) is 131 Å². The first kappa shape index (κ1) is 25.3. The molecule has 0 bridgehead atoms. The second-order valence-corrected chi connectivity index (χ2v) is 7.42. The maximum Gasteiger partial charge on any atom is 0.328 e. The molecule has 0 fully saturated rings. The molecule has 0 heterocycles. The van der Waals surface area contributed by atoms with E-state index < -0.39 is 53.7 Å². The molecule has 32 heavy (non-hydrogen) atoms. The van der Waals surface area contributed by atoms with Gasteiger partial charge in [-0.3, -0.25) is 14.4 Å². The van der Waals surface area contributed by atoms with Gasteiger partial charge in [-0.15, -0.1) is 0 Å². The summed E-state index contributed by atoms with van der Waals surface area (Å²) in [4.78, 5) is 49.6. The number of hydrogen-bond donors (Lipinski definition) is 3. The van der Waals surface area contributed by atoms with Gasteiger partial charge in [-0.05, 0) is 51.8 Å². The Morgan fingerprint density at radius 1 is 1.09 bits per heavy atom. The number of esters is 2. The highest BCUT2D eigenvalue weighted by molar-refractivity contribution is 5.94. The summed E-state index contributed by atoms with van der Waals surface area (Å²) in [6, 6.07) is 2.23. The van der Waals surface area contributed by atoms with E-state index in [0.717, 1.165) is 0 Å². The highest BCUT2D eigenvalue weighted by Crippen LogP contribution is 2.23. The predicted molar refractivity (Wildman–Crippen MR) is 113 cm³/mol. The average molecular weight is 456 g/mol. The van der Waals surface area contributed by atoms with E-state index in [0.29, 0.717) is 10.9 Å². The van der Waals surface area contributed by atoms with Crippen LogP contribution in [0.2, 0.25) is 1.41 Å². The number of benzene rings is 1. The first-order valence-electron chi connectivity index (χ1n) is 10.8. The summed E-state index contributed by atoms with van der Waals surface area (Å²) in [5, 5.41) is 12.4. The molecule has 1 aromatic rings. The molecule has 0 unspecified atom stereocenters. The van der Waals surface area contributed by atoms with Crippen molar-refractivity contribution >= 4 is 23.8 Å². The van der Waals surface area contributed by atoms with Gasteiger partial charge in [0.15, 0.2) is 1.41 Å². The molecule has 1 aromatic carbocycles. The van der Waals surface area contributed by atoms with Crippen molar-refractivity contribution in [1.82, 2.24) is 10.6 Å². The van der Waals surface area contributed by atoms with Gasteiger partial charge in [0, 0.05) is 6.42 Å². The highest BCUT2D eigenvalue weighted by Gasteiger charge is 2.34. The van der Waals surface area contributed by atoms with Crippen LogP contribution in [0.4, 0.5) is 4.39 Å². The Morgan fingerprint density at radius 2 is 1.69 bits per heavy atom. The van der Waals surface area contributed by atoms with Crippen molar-refractivity contribution in [3.8, 4) is 0 Å². The molecular formula is C22H31FN2O7. The van der Waals surface area contributed by atoms with Crippen LogP contribution in [0.3, 0.4) is 0 Å². The molecular weight excluding hydrogens is 423 g/mol. The minimum Gasteiger partial charge on any atom is -0.466 e. The number of aliphatic hydroxyl groups is 1. The van der Waals surface area contributed by atoms with Crippen molar-refractivity contribution in [3.63, 3.8) is 0 Å². The molecule has 0 aliphatic heterocycles. The van der Waals surface area contributed by atoms with Gasteiger partial charge in [-0.2, -0.15) is 0 Å². The SMILES string of the molecule is [2H]N(C(=O)C(C)(C)c1ccc(F)cc1)[C@@H](CO)C(=O)N[C@@H](CCC(=O)OCC)C(=O)OCC. The fourth-order valence-electron chi connectivity index (χ4n) is 2.73. The van der Waals surface area contributed by atoms with Gasteiger partial charge < -0.3 is 25.2 Å². The summed E-state index contributed by atoms with van der Waals surface area (Å²) in [6.45, 7) is 5.48. The molecule has 0 saturated heterocycles. The van der Waals surface area contributed by atoms with Gasteiger partial charge in [0.05, 0.1) is 25.2 Å². The number of ether oxygens (including phenoxy) is 2. The van der Waals surface area contributed by atoms with E-state index in [1.807, 2.05) is 0 Å². The standard InChI is InChI=1S/C22H31FN2O7/c1-5-31-18(27)12-11-16(20(29)32-6-2)24-19(28)17(13-26)25-21(30)22(3,4)14-7-9-15(23)10-8-14/h7-10,16-17,26H,5-6,11-13H2,1-4H3,(H,24,28)(H,25,30)/t16-,17-/m0/s1/i/hD. The summed E-state index contributed by atoms with van der Waals surface area (Å²) in [7, 11) is 0. The fourth-order valence-corrected chi connectivity index (χ4v) is 2.73. The molecule has 2 amide bonds. The summed E-state index contributed by atoms with van der Waals surface area (Å²) in [6.07, 6.45) is -0.308. The van der Waals surface area contributed by atoms with Crippen LogP contribution < -0.4 is 10.6 Å². The molecule has 9 nitrogen and oxygen atoms in total. The van der Waals surface area contributed by atoms with Gasteiger partial charge in [0.2, 0.25) is 11.8 Å². The van der Waals surface area contributed by atoms with Gasteiger partial charge in [0.1, 0.15) is 17.9 Å². The van der Waals surface area contributed by atoms with Crippen LogP contribution in [0.1, 0.15) is 46.1 Å². The summed E-state index contributed by atoms with van der Waals surface area (Å²) < 4.78 is 31.1. The van der Waals surface area contributed by atoms with Crippen LogP contribution in [0.25, 0.3) is 0 Å². The fraction of sp³-hybridized carbons (Fsp3) is 0.545. The summed E-state index contributed by atoms with van der Waals surface area (Å²) in [5.41, 5.74) is -0.907.